The minimum atomic E-state index is -1.68. The van der Waals surface area contributed by atoms with Crippen molar-refractivity contribution >= 4 is 42.3 Å². The summed E-state index contributed by atoms with van der Waals surface area (Å²) in [7, 11) is 0. The number of imidazole rings is 1. The SMILES string of the molecule is CCC(C)C(NC(=O)C(N)Cc1cnc[nH]1)C(=O)NC(CS)C(=O)NC(CC(=O)O)C(=O)O. The zero-order chi connectivity index (χ0) is 25.1. The van der Waals surface area contributed by atoms with Crippen LogP contribution < -0.4 is 21.7 Å². The molecule has 0 saturated heterocycles. The van der Waals surface area contributed by atoms with Crippen LogP contribution in [0.3, 0.4) is 0 Å². The molecule has 0 radical (unpaired) electrons. The van der Waals surface area contributed by atoms with E-state index >= 15 is 0 Å². The highest BCUT2D eigenvalue weighted by Gasteiger charge is 2.32. The molecule has 0 spiro atoms. The van der Waals surface area contributed by atoms with Crippen molar-refractivity contribution in [2.45, 2.75) is 57.3 Å². The molecule has 0 bridgehead atoms. The molecule has 13 nitrogen and oxygen atoms in total. The molecule has 0 saturated carbocycles. The predicted octanol–water partition coefficient (Wildman–Crippen LogP) is -1.73. The molecule has 5 unspecified atom stereocenters. The van der Waals surface area contributed by atoms with Gasteiger partial charge in [0.25, 0.3) is 0 Å². The molecule has 8 N–H and O–H groups in total. The third-order valence-electron chi connectivity index (χ3n) is 4.93. The Kier molecular flexibility index (Phi) is 11.4. The van der Waals surface area contributed by atoms with Crippen LogP contribution >= 0.6 is 12.6 Å². The smallest absolute Gasteiger partial charge is 0.326 e. The summed E-state index contributed by atoms with van der Waals surface area (Å²) >= 11 is 4.01. The quantitative estimate of drug-likeness (QED) is 0.140. The first-order valence-electron chi connectivity index (χ1n) is 10.2. The highest BCUT2D eigenvalue weighted by Crippen LogP contribution is 2.10. The Labute approximate surface area is 195 Å². The van der Waals surface area contributed by atoms with Crippen molar-refractivity contribution in [1.29, 1.82) is 0 Å². The number of aromatic amines is 1. The molecule has 5 atom stereocenters. The lowest BCUT2D eigenvalue weighted by molar-refractivity contribution is -0.147. The summed E-state index contributed by atoms with van der Waals surface area (Å²) in [6.45, 7) is 3.54. The summed E-state index contributed by atoms with van der Waals surface area (Å²) in [6.07, 6.45) is 2.82. The number of hydrogen-bond acceptors (Lipinski definition) is 8. The molecule has 0 aliphatic heterocycles. The van der Waals surface area contributed by atoms with Gasteiger partial charge in [0.05, 0.1) is 18.8 Å². The van der Waals surface area contributed by atoms with Crippen molar-refractivity contribution in [2.75, 3.05) is 5.75 Å². The van der Waals surface area contributed by atoms with Crippen LogP contribution in [0.15, 0.2) is 12.5 Å². The van der Waals surface area contributed by atoms with Crippen LogP contribution in [0.5, 0.6) is 0 Å². The van der Waals surface area contributed by atoms with Crippen LogP contribution in [0.2, 0.25) is 0 Å². The molecule has 1 heterocycles. The highest BCUT2D eigenvalue weighted by molar-refractivity contribution is 7.80. The summed E-state index contributed by atoms with van der Waals surface area (Å²) in [5.41, 5.74) is 6.57. The normalized spacial score (nSPS) is 15.4. The number of rotatable bonds is 14. The average molecular weight is 487 g/mol. The first-order chi connectivity index (χ1) is 15.5. The van der Waals surface area contributed by atoms with Crippen molar-refractivity contribution in [3.8, 4) is 0 Å². The third kappa shape index (κ3) is 9.10. The summed E-state index contributed by atoms with van der Waals surface area (Å²) < 4.78 is 0. The molecule has 33 heavy (non-hydrogen) atoms. The maximum atomic E-state index is 12.9. The van der Waals surface area contributed by atoms with Crippen molar-refractivity contribution in [1.82, 2.24) is 25.9 Å². The van der Waals surface area contributed by atoms with E-state index in [4.69, 9.17) is 15.9 Å². The number of hydrogen-bond donors (Lipinski definition) is 8. The van der Waals surface area contributed by atoms with Crippen molar-refractivity contribution < 1.29 is 34.2 Å². The number of carbonyl (C=O) groups excluding carboxylic acids is 3. The fourth-order valence-corrected chi connectivity index (χ4v) is 3.05. The number of thiol groups is 1. The molecule has 3 amide bonds. The van der Waals surface area contributed by atoms with E-state index in [0.29, 0.717) is 12.1 Å². The van der Waals surface area contributed by atoms with Crippen LogP contribution in [0, 0.1) is 5.92 Å². The molecule has 1 rings (SSSR count). The molecular formula is C19H30N6O7S. The van der Waals surface area contributed by atoms with E-state index in [0.717, 1.165) is 0 Å². The van der Waals surface area contributed by atoms with Crippen molar-refractivity contribution in [2.24, 2.45) is 11.7 Å². The average Bonchev–Trinajstić information content (AvgIpc) is 3.26. The Morgan fingerprint density at radius 1 is 1.09 bits per heavy atom. The minimum Gasteiger partial charge on any atom is -0.481 e. The fraction of sp³-hybridized carbons (Fsp3) is 0.579. The second kappa shape index (κ2) is 13.4. The summed E-state index contributed by atoms with van der Waals surface area (Å²) in [5.74, 6) is -5.66. The zero-order valence-corrected chi connectivity index (χ0v) is 19.2. The van der Waals surface area contributed by atoms with Gasteiger partial charge in [0.15, 0.2) is 0 Å². The second-order valence-electron chi connectivity index (χ2n) is 7.50. The van der Waals surface area contributed by atoms with Gasteiger partial charge < -0.3 is 36.9 Å². The van der Waals surface area contributed by atoms with Gasteiger partial charge in [0.2, 0.25) is 17.7 Å². The largest absolute Gasteiger partial charge is 0.481 e. The number of carboxylic acids is 2. The molecule has 14 heteroatoms. The van der Waals surface area contributed by atoms with Crippen LogP contribution in [0.25, 0.3) is 0 Å². The first kappa shape index (κ1) is 27.9. The molecule has 0 aromatic carbocycles. The maximum Gasteiger partial charge on any atom is 0.326 e. The molecule has 1 aromatic rings. The molecule has 1 aromatic heterocycles. The lowest BCUT2D eigenvalue weighted by atomic mass is 9.97. The van der Waals surface area contributed by atoms with Crippen LogP contribution in [-0.2, 0) is 30.4 Å². The topological polar surface area (TPSA) is 217 Å². The zero-order valence-electron chi connectivity index (χ0n) is 18.3. The lowest BCUT2D eigenvalue weighted by Crippen LogP contribution is -2.59. The van der Waals surface area contributed by atoms with Crippen LogP contribution in [-0.4, -0.2) is 79.8 Å². The Balaban J connectivity index is 2.85. The first-order valence-corrected chi connectivity index (χ1v) is 10.8. The minimum absolute atomic E-state index is 0.169. The summed E-state index contributed by atoms with van der Waals surface area (Å²) in [6, 6.07) is -4.93. The molecule has 0 fully saturated rings. The Hall–Kier alpha value is -3.13. The van der Waals surface area contributed by atoms with Gasteiger partial charge in [-0.05, 0) is 5.92 Å². The van der Waals surface area contributed by atoms with Gasteiger partial charge in [0, 0.05) is 24.1 Å². The van der Waals surface area contributed by atoms with Gasteiger partial charge in [-0.25, -0.2) is 9.78 Å². The van der Waals surface area contributed by atoms with E-state index in [1.165, 1.54) is 12.5 Å². The van der Waals surface area contributed by atoms with Gasteiger partial charge in [-0.15, -0.1) is 0 Å². The molecule has 184 valence electrons. The molecule has 0 aliphatic rings. The molecular weight excluding hydrogens is 456 g/mol. The number of amides is 3. The van der Waals surface area contributed by atoms with E-state index in [9.17, 15) is 24.0 Å². The Bertz CT molecular complexity index is 835. The van der Waals surface area contributed by atoms with Crippen LogP contribution in [0.1, 0.15) is 32.4 Å². The van der Waals surface area contributed by atoms with Gasteiger partial charge in [-0.2, -0.15) is 12.6 Å². The summed E-state index contributed by atoms with van der Waals surface area (Å²) in [5, 5.41) is 25.0. The number of aliphatic carboxylic acids is 2. The number of carboxylic acid groups (broad SMARTS) is 2. The van der Waals surface area contributed by atoms with Gasteiger partial charge in [-0.1, -0.05) is 20.3 Å². The standard InChI is InChI=1S/C19H30N6O7S/c1-3-9(2)15(25-16(28)11(20)4-10-6-21-8-22-10)18(30)24-13(7-33)17(29)23-12(19(31)32)5-14(26)27/h6,8-9,11-13,15,33H,3-5,7,20H2,1-2H3,(H,21,22)(H,23,29)(H,24,30)(H,25,28)(H,26,27)(H,31,32). The fourth-order valence-electron chi connectivity index (χ4n) is 2.79. The third-order valence-corrected chi connectivity index (χ3v) is 5.30. The number of nitrogens with one attached hydrogen (secondary N) is 4. The number of H-pyrrole nitrogens is 1. The highest BCUT2D eigenvalue weighted by atomic mass is 32.1. The Morgan fingerprint density at radius 2 is 1.73 bits per heavy atom. The van der Waals surface area contributed by atoms with Crippen molar-refractivity contribution in [3.63, 3.8) is 0 Å². The van der Waals surface area contributed by atoms with Gasteiger partial charge >= 0.3 is 11.9 Å². The second-order valence-corrected chi connectivity index (χ2v) is 7.87. The van der Waals surface area contributed by atoms with E-state index in [1.54, 1.807) is 6.92 Å². The number of nitrogens with two attached hydrogens (primary N) is 1. The predicted molar refractivity (Wildman–Crippen MR) is 119 cm³/mol. The van der Waals surface area contributed by atoms with Crippen LogP contribution in [0.4, 0.5) is 0 Å². The van der Waals surface area contributed by atoms with Gasteiger partial charge in [-0.3, -0.25) is 19.2 Å². The van der Waals surface area contributed by atoms with E-state index in [1.807, 2.05) is 6.92 Å². The number of aromatic nitrogens is 2. The number of carbonyl (C=O) groups is 5. The summed E-state index contributed by atoms with van der Waals surface area (Å²) in [4.78, 5) is 66.5. The van der Waals surface area contributed by atoms with E-state index in [2.05, 4.69) is 38.5 Å². The monoisotopic (exact) mass is 486 g/mol. The lowest BCUT2D eigenvalue weighted by Gasteiger charge is -2.27. The van der Waals surface area contributed by atoms with Gasteiger partial charge in [0.1, 0.15) is 18.1 Å². The van der Waals surface area contributed by atoms with E-state index in [-0.39, 0.29) is 18.1 Å². The Morgan fingerprint density at radius 3 is 2.21 bits per heavy atom. The molecule has 0 aliphatic carbocycles. The van der Waals surface area contributed by atoms with E-state index < -0.39 is 60.2 Å². The maximum absolute atomic E-state index is 12.9. The number of nitrogens with zero attached hydrogens (tertiary/aromatic N) is 1. The van der Waals surface area contributed by atoms with Crippen molar-refractivity contribution in [3.05, 3.63) is 18.2 Å².